The zero-order chi connectivity index (χ0) is 44.4. The fourth-order valence-electron chi connectivity index (χ4n) is 13.6. The summed E-state index contributed by atoms with van der Waals surface area (Å²) < 4.78 is 2.39. The van der Waals surface area contributed by atoms with Gasteiger partial charge in [-0.2, -0.15) is 0 Å². The lowest BCUT2D eigenvalue weighted by Gasteiger charge is -2.61. The lowest BCUT2D eigenvalue weighted by molar-refractivity contribution is -0.0399. The van der Waals surface area contributed by atoms with Crippen molar-refractivity contribution in [2.24, 2.45) is 23.7 Å². The summed E-state index contributed by atoms with van der Waals surface area (Å²) in [7, 11) is 0. The van der Waals surface area contributed by atoms with Gasteiger partial charge in [-0.05, 0) is 163 Å². The molecule has 0 amide bonds. The molecule has 4 heteroatoms. The largest absolute Gasteiger partial charge is 0.309 e. The van der Waals surface area contributed by atoms with Crippen LogP contribution in [-0.4, -0.2) is 19.5 Å². The van der Waals surface area contributed by atoms with E-state index >= 15 is 0 Å². The van der Waals surface area contributed by atoms with Gasteiger partial charge in [0.15, 0.2) is 17.5 Å². The molecular weight excluding hydrogens is 813 g/mol. The number of benzene rings is 8. The van der Waals surface area contributed by atoms with E-state index in [2.05, 4.69) is 200 Å². The second-order valence-electron chi connectivity index (χ2n) is 20.2. The molecule has 0 saturated heterocycles. The van der Waals surface area contributed by atoms with Gasteiger partial charge in [-0.15, -0.1) is 0 Å². The first-order valence-corrected chi connectivity index (χ1v) is 24.3. The highest BCUT2D eigenvalue weighted by molar-refractivity contribution is 6.09. The molecule has 322 valence electrons. The number of hydrogen-bond donors (Lipinski definition) is 0. The van der Waals surface area contributed by atoms with Crippen molar-refractivity contribution in [2.45, 2.75) is 51.4 Å². The minimum atomic E-state index is 0.0819. The molecular formula is C63H50N4. The average molecular weight is 863 g/mol. The predicted molar refractivity (Wildman–Crippen MR) is 274 cm³/mol. The quantitative estimate of drug-likeness (QED) is 0.167. The Morgan fingerprint density at radius 1 is 0.388 bits per heavy atom. The van der Waals surface area contributed by atoms with Crippen molar-refractivity contribution >= 4 is 21.8 Å². The molecule has 0 atom stereocenters. The Hall–Kier alpha value is -7.43. The van der Waals surface area contributed by atoms with E-state index in [0.29, 0.717) is 29.3 Å². The molecule has 5 aliphatic carbocycles. The third-order valence-corrected chi connectivity index (χ3v) is 16.4. The monoisotopic (exact) mass is 862 g/mol. The van der Waals surface area contributed by atoms with E-state index in [1.165, 1.54) is 87.3 Å². The number of rotatable bonds is 6. The Bertz CT molecular complexity index is 3450. The third kappa shape index (κ3) is 6.01. The van der Waals surface area contributed by atoms with Crippen LogP contribution in [-0.2, 0) is 5.41 Å². The SMILES string of the molecule is Cc1ccc(-c2nc(-c3ccc(C)cc3)nc(-c3cc(-c4ccc(-n5c6ccccc6c6ccccc65)cc4)cc(-c4ccc5c(c4)C4(c6ccccc6-5)C5CC6CC(C5)CC4C6)c3)n2)cc1. The van der Waals surface area contributed by atoms with Gasteiger partial charge in [0.25, 0.3) is 0 Å². The van der Waals surface area contributed by atoms with Gasteiger partial charge in [0, 0.05) is 38.6 Å². The van der Waals surface area contributed by atoms with E-state index in [9.17, 15) is 0 Å². The van der Waals surface area contributed by atoms with Gasteiger partial charge in [-0.25, -0.2) is 15.0 Å². The van der Waals surface area contributed by atoms with E-state index in [1.807, 2.05) is 0 Å². The number of fused-ring (bicyclic) bond motifs is 6. The van der Waals surface area contributed by atoms with Crippen LogP contribution in [0.5, 0.6) is 0 Å². The number of hydrogen-bond acceptors (Lipinski definition) is 3. The van der Waals surface area contributed by atoms with Crippen LogP contribution in [0, 0.1) is 37.5 Å². The average Bonchev–Trinajstić information content (AvgIpc) is 3.86. The van der Waals surface area contributed by atoms with Gasteiger partial charge in [0.2, 0.25) is 0 Å². The number of aromatic nitrogens is 4. The molecule has 5 aliphatic rings. The highest BCUT2D eigenvalue weighted by Gasteiger charge is 2.61. The summed E-state index contributed by atoms with van der Waals surface area (Å²) in [6.45, 7) is 4.23. The minimum absolute atomic E-state index is 0.0819. The molecule has 0 N–H and O–H groups in total. The fourth-order valence-corrected chi connectivity index (χ4v) is 13.6. The molecule has 1 spiro atoms. The molecule has 0 aliphatic heterocycles. The van der Waals surface area contributed by atoms with Gasteiger partial charge in [0.1, 0.15) is 0 Å². The van der Waals surface area contributed by atoms with Gasteiger partial charge < -0.3 is 4.57 Å². The van der Waals surface area contributed by atoms with E-state index in [-0.39, 0.29) is 5.41 Å². The topological polar surface area (TPSA) is 43.6 Å². The van der Waals surface area contributed by atoms with Gasteiger partial charge in [0.05, 0.1) is 11.0 Å². The summed E-state index contributed by atoms with van der Waals surface area (Å²) in [5.74, 6) is 5.18. The lowest BCUT2D eigenvalue weighted by atomic mass is 9.43. The van der Waals surface area contributed by atoms with Crippen LogP contribution in [0.3, 0.4) is 0 Å². The Morgan fingerprint density at radius 2 is 0.851 bits per heavy atom. The molecule has 2 heterocycles. The van der Waals surface area contributed by atoms with Crippen molar-refractivity contribution in [1.82, 2.24) is 19.5 Å². The van der Waals surface area contributed by atoms with Crippen molar-refractivity contribution in [3.05, 3.63) is 204 Å². The van der Waals surface area contributed by atoms with Gasteiger partial charge in [-0.1, -0.05) is 145 Å². The molecule has 4 saturated carbocycles. The van der Waals surface area contributed by atoms with Crippen molar-refractivity contribution in [2.75, 3.05) is 0 Å². The molecule has 8 aromatic carbocycles. The van der Waals surface area contributed by atoms with Crippen LogP contribution in [0.4, 0.5) is 0 Å². The zero-order valence-corrected chi connectivity index (χ0v) is 38.0. The first-order valence-electron chi connectivity index (χ1n) is 24.3. The lowest BCUT2D eigenvalue weighted by Crippen LogP contribution is -2.55. The maximum Gasteiger partial charge on any atom is 0.164 e. The first-order chi connectivity index (χ1) is 32.9. The van der Waals surface area contributed by atoms with Gasteiger partial charge in [-0.3, -0.25) is 0 Å². The Balaban J connectivity index is 0.959. The van der Waals surface area contributed by atoms with Crippen molar-refractivity contribution in [1.29, 1.82) is 0 Å². The maximum atomic E-state index is 5.30. The predicted octanol–water partition coefficient (Wildman–Crippen LogP) is 15.6. The van der Waals surface area contributed by atoms with Crippen LogP contribution < -0.4 is 0 Å². The maximum absolute atomic E-state index is 5.30. The minimum Gasteiger partial charge on any atom is -0.309 e. The highest BCUT2D eigenvalue weighted by Crippen LogP contribution is 2.69. The van der Waals surface area contributed by atoms with E-state index in [1.54, 1.807) is 11.1 Å². The van der Waals surface area contributed by atoms with Gasteiger partial charge >= 0.3 is 0 Å². The summed E-state index contributed by atoms with van der Waals surface area (Å²) in [6, 6.07) is 67.5. The standard InChI is InChI=1S/C63H50N4/c1-38-15-19-43(20-16-38)60-64-61(44-21-17-39(2)18-22-44)66-62(65-60)48-35-46(42-23-26-51(27-24-42)67-58-13-7-4-10-54(58)55-11-5-8-14-59(55)67)34-47(36-48)45-25-28-53-52-9-3-6-12-56(52)63(57(53)37-45)49-30-40-29-41(32-49)33-50(63)31-40/h3-28,34-37,40-41,49-50H,29-33H2,1-2H3. The molecule has 0 unspecified atom stereocenters. The van der Waals surface area contributed by atoms with Crippen molar-refractivity contribution in [3.8, 4) is 73.2 Å². The normalized spacial score (nSPS) is 21.0. The van der Waals surface area contributed by atoms with Crippen LogP contribution in [0.2, 0.25) is 0 Å². The van der Waals surface area contributed by atoms with Crippen molar-refractivity contribution < 1.29 is 0 Å². The molecule has 67 heavy (non-hydrogen) atoms. The van der Waals surface area contributed by atoms with Crippen LogP contribution in [0.15, 0.2) is 182 Å². The third-order valence-electron chi connectivity index (χ3n) is 16.4. The molecule has 2 aromatic heterocycles. The highest BCUT2D eigenvalue weighted by atomic mass is 15.0. The van der Waals surface area contributed by atoms with Crippen LogP contribution >= 0.6 is 0 Å². The summed E-state index contributed by atoms with van der Waals surface area (Å²) in [4.78, 5) is 15.7. The Morgan fingerprint density at radius 3 is 1.45 bits per heavy atom. The van der Waals surface area contributed by atoms with Crippen molar-refractivity contribution in [3.63, 3.8) is 0 Å². The number of aryl methyl sites for hydroxylation is 2. The number of para-hydroxylation sites is 2. The summed E-state index contributed by atoms with van der Waals surface area (Å²) in [5.41, 5.74) is 19.7. The Kier molecular flexibility index (Phi) is 8.56. The molecule has 10 aromatic rings. The smallest absolute Gasteiger partial charge is 0.164 e. The first kappa shape index (κ1) is 38.8. The molecule has 0 radical (unpaired) electrons. The molecule has 4 bridgehead atoms. The summed E-state index contributed by atoms with van der Waals surface area (Å²) in [5, 5.41) is 2.53. The van der Waals surface area contributed by atoms with Crippen LogP contribution in [0.25, 0.3) is 95.0 Å². The molecule has 4 fully saturated rings. The van der Waals surface area contributed by atoms with E-state index < -0.39 is 0 Å². The van der Waals surface area contributed by atoms with E-state index in [4.69, 9.17) is 15.0 Å². The Labute approximate surface area is 392 Å². The van der Waals surface area contributed by atoms with E-state index in [0.717, 1.165) is 45.3 Å². The summed E-state index contributed by atoms with van der Waals surface area (Å²) in [6.07, 6.45) is 6.89. The fraction of sp³-hybridized carbons (Fsp3) is 0.190. The molecule has 15 rings (SSSR count). The van der Waals surface area contributed by atoms with Crippen LogP contribution in [0.1, 0.15) is 54.4 Å². The zero-order valence-electron chi connectivity index (χ0n) is 38.0. The second-order valence-corrected chi connectivity index (χ2v) is 20.2. The number of nitrogens with zero attached hydrogens (tertiary/aromatic N) is 4. The molecule has 4 nitrogen and oxygen atoms in total. The second kappa shape index (κ2) is 14.8. The summed E-state index contributed by atoms with van der Waals surface area (Å²) >= 11 is 0.